The summed E-state index contributed by atoms with van der Waals surface area (Å²) < 4.78 is 5.75. The highest BCUT2D eigenvalue weighted by Gasteiger charge is 2.02. The molecule has 1 N–H and O–H groups in total. The Morgan fingerprint density at radius 1 is 0.788 bits per heavy atom. The third-order valence-corrected chi connectivity index (χ3v) is 5.03. The molecular formula is C27H28N2O4. The molecule has 0 aliphatic carbocycles. The Labute approximate surface area is 194 Å². The molecule has 0 radical (unpaired) electrons. The molecule has 6 heteroatoms. The van der Waals surface area contributed by atoms with E-state index in [1.807, 2.05) is 66.9 Å². The minimum atomic E-state index is -0.404. The lowest BCUT2D eigenvalue weighted by molar-refractivity contribution is -0.384. The summed E-state index contributed by atoms with van der Waals surface area (Å²) in [6.45, 7) is 0.944. The van der Waals surface area contributed by atoms with Gasteiger partial charge in [-0.3, -0.25) is 15.1 Å². The molecule has 0 bridgehead atoms. The van der Waals surface area contributed by atoms with Crippen LogP contribution in [0.4, 0.5) is 11.4 Å². The largest absolute Gasteiger partial charge is 0.494 e. The summed E-state index contributed by atoms with van der Waals surface area (Å²) >= 11 is 0. The van der Waals surface area contributed by atoms with E-state index in [-0.39, 0.29) is 12.3 Å². The molecule has 0 unspecified atom stereocenters. The molecule has 3 aromatic carbocycles. The van der Waals surface area contributed by atoms with E-state index in [9.17, 15) is 10.1 Å². The Bertz CT molecular complexity index is 1060. The molecule has 0 aliphatic rings. The highest BCUT2D eigenvalue weighted by atomic mass is 16.6. The van der Waals surface area contributed by atoms with Crippen LogP contribution >= 0.6 is 0 Å². The van der Waals surface area contributed by atoms with Crippen molar-refractivity contribution in [3.8, 4) is 5.75 Å². The van der Waals surface area contributed by atoms with E-state index in [4.69, 9.17) is 9.84 Å². The Morgan fingerprint density at radius 2 is 1.36 bits per heavy atom. The molecule has 0 saturated heterocycles. The number of aliphatic hydroxyl groups excluding tert-OH is 1. The SMILES string of the molecule is O=[N+]([O-])c1ccc(/C=C/c2ccc(N=Cc3ccc(OCCCCCCO)cc3)cc2)cc1. The first-order valence-electron chi connectivity index (χ1n) is 11.0. The third-order valence-electron chi connectivity index (χ3n) is 5.03. The van der Waals surface area contributed by atoms with Crippen LogP contribution in [0.25, 0.3) is 12.2 Å². The number of nitro groups is 1. The van der Waals surface area contributed by atoms with Gasteiger partial charge in [-0.2, -0.15) is 0 Å². The Kier molecular flexibility index (Phi) is 9.36. The molecule has 0 aromatic heterocycles. The van der Waals surface area contributed by atoms with Crippen LogP contribution in [0, 0.1) is 10.1 Å². The summed E-state index contributed by atoms with van der Waals surface area (Å²) in [5.74, 6) is 0.846. The highest BCUT2D eigenvalue weighted by Crippen LogP contribution is 2.18. The standard InChI is InChI=1S/C27H28N2O4/c30-19-3-1-2-4-20-33-27-17-11-24(12-18-27)21-28-25-13-7-22(8-14-25)5-6-23-9-15-26(16-10-23)29(31)32/h5-18,21,30H,1-4,19-20H2/b6-5+,28-21?. The van der Waals surface area contributed by atoms with Crippen LogP contribution in [-0.2, 0) is 0 Å². The maximum absolute atomic E-state index is 10.7. The molecule has 0 saturated carbocycles. The lowest BCUT2D eigenvalue weighted by Crippen LogP contribution is -1.97. The lowest BCUT2D eigenvalue weighted by Gasteiger charge is -2.06. The fourth-order valence-corrected chi connectivity index (χ4v) is 3.13. The number of nitrogens with zero attached hydrogens (tertiary/aromatic N) is 2. The van der Waals surface area contributed by atoms with Gasteiger partial charge in [-0.25, -0.2) is 0 Å². The first kappa shape index (κ1) is 23.9. The van der Waals surface area contributed by atoms with Crippen molar-refractivity contribution in [3.05, 3.63) is 99.6 Å². The molecule has 0 heterocycles. The van der Waals surface area contributed by atoms with E-state index < -0.39 is 4.92 Å². The van der Waals surface area contributed by atoms with Crippen molar-refractivity contribution >= 4 is 29.7 Å². The molecule has 0 aliphatic heterocycles. The molecular weight excluding hydrogens is 416 g/mol. The van der Waals surface area contributed by atoms with Crippen LogP contribution in [0.15, 0.2) is 77.8 Å². The summed E-state index contributed by atoms with van der Waals surface area (Å²) in [5.41, 5.74) is 3.85. The van der Waals surface area contributed by atoms with Crippen LogP contribution in [0.5, 0.6) is 5.75 Å². The van der Waals surface area contributed by atoms with Gasteiger partial charge in [0, 0.05) is 25.0 Å². The molecule has 3 aromatic rings. The molecule has 3 rings (SSSR count). The quantitative estimate of drug-likeness (QED) is 0.114. The van der Waals surface area contributed by atoms with Gasteiger partial charge >= 0.3 is 0 Å². The van der Waals surface area contributed by atoms with Gasteiger partial charge in [-0.1, -0.05) is 30.7 Å². The van der Waals surface area contributed by atoms with Crippen molar-refractivity contribution in [2.24, 2.45) is 4.99 Å². The highest BCUT2D eigenvalue weighted by molar-refractivity contribution is 5.82. The number of unbranched alkanes of at least 4 members (excludes halogenated alkanes) is 3. The summed E-state index contributed by atoms with van der Waals surface area (Å²) in [6, 6.07) is 22.1. The monoisotopic (exact) mass is 444 g/mol. The van der Waals surface area contributed by atoms with Gasteiger partial charge < -0.3 is 9.84 Å². The second kappa shape index (κ2) is 12.9. The van der Waals surface area contributed by atoms with Crippen LogP contribution in [0.3, 0.4) is 0 Å². The second-order valence-electron chi connectivity index (χ2n) is 7.59. The zero-order chi connectivity index (χ0) is 23.3. The number of ether oxygens (including phenoxy) is 1. The number of hydrogen-bond acceptors (Lipinski definition) is 5. The van der Waals surface area contributed by atoms with Gasteiger partial charge in [-0.15, -0.1) is 0 Å². The Balaban J connectivity index is 1.48. The summed E-state index contributed by atoms with van der Waals surface area (Å²) in [7, 11) is 0. The van der Waals surface area contributed by atoms with Crippen molar-refractivity contribution in [1.29, 1.82) is 0 Å². The van der Waals surface area contributed by atoms with Crippen molar-refractivity contribution in [1.82, 2.24) is 0 Å². The average Bonchev–Trinajstić information content (AvgIpc) is 2.85. The van der Waals surface area contributed by atoms with Crippen molar-refractivity contribution in [3.63, 3.8) is 0 Å². The van der Waals surface area contributed by atoms with Crippen molar-refractivity contribution in [2.75, 3.05) is 13.2 Å². The zero-order valence-corrected chi connectivity index (χ0v) is 18.5. The number of hydrogen-bond donors (Lipinski definition) is 1. The van der Waals surface area contributed by atoms with Crippen LogP contribution in [0.2, 0.25) is 0 Å². The Hall–Kier alpha value is -3.77. The molecule has 6 nitrogen and oxygen atoms in total. The number of rotatable bonds is 12. The normalized spacial score (nSPS) is 11.3. The van der Waals surface area contributed by atoms with E-state index in [0.29, 0.717) is 6.61 Å². The topological polar surface area (TPSA) is 85.0 Å². The number of benzene rings is 3. The predicted molar refractivity (Wildman–Crippen MR) is 133 cm³/mol. The maximum atomic E-state index is 10.7. The van der Waals surface area contributed by atoms with E-state index in [0.717, 1.165) is 53.8 Å². The number of nitro benzene ring substituents is 1. The fourth-order valence-electron chi connectivity index (χ4n) is 3.13. The van der Waals surface area contributed by atoms with E-state index in [1.54, 1.807) is 12.1 Å². The minimum absolute atomic E-state index is 0.0850. The summed E-state index contributed by atoms with van der Waals surface area (Å²) in [6.07, 6.45) is 9.64. The van der Waals surface area contributed by atoms with Crippen molar-refractivity contribution < 1.29 is 14.8 Å². The number of aliphatic hydroxyl groups is 1. The predicted octanol–water partition coefficient (Wildman–Crippen LogP) is 6.45. The molecule has 0 spiro atoms. The molecule has 0 atom stereocenters. The zero-order valence-electron chi connectivity index (χ0n) is 18.5. The molecule has 0 fully saturated rings. The van der Waals surface area contributed by atoms with Crippen LogP contribution in [0.1, 0.15) is 42.4 Å². The van der Waals surface area contributed by atoms with Gasteiger partial charge in [0.25, 0.3) is 5.69 Å². The second-order valence-corrected chi connectivity index (χ2v) is 7.59. The van der Waals surface area contributed by atoms with Crippen LogP contribution < -0.4 is 4.74 Å². The Morgan fingerprint density at radius 3 is 1.97 bits per heavy atom. The summed E-state index contributed by atoms with van der Waals surface area (Å²) in [5, 5.41) is 19.5. The van der Waals surface area contributed by atoms with Gasteiger partial charge in [0.2, 0.25) is 0 Å². The first-order valence-corrected chi connectivity index (χ1v) is 11.0. The van der Waals surface area contributed by atoms with Gasteiger partial charge in [0.05, 0.1) is 17.2 Å². The smallest absolute Gasteiger partial charge is 0.269 e. The van der Waals surface area contributed by atoms with E-state index in [1.165, 1.54) is 12.1 Å². The van der Waals surface area contributed by atoms with Gasteiger partial charge in [-0.05, 0) is 84.5 Å². The number of non-ortho nitro benzene ring substituents is 1. The molecule has 0 amide bonds. The lowest BCUT2D eigenvalue weighted by atomic mass is 10.1. The maximum Gasteiger partial charge on any atom is 0.269 e. The number of aliphatic imine (C=N–C) groups is 1. The van der Waals surface area contributed by atoms with Crippen molar-refractivity contribution in [2.45, 2.75) is 25.7 Å². The first-order chi connectivity index (χ1) is 16.1. The van der Waals surface area contributed by atoms with E-state index in [2.05, 4.69) is 4.99 Å². The third kappa shape index (κ3) is 8.35. The molecule has 170 valence electrons. The van der Waals surface area contributed by atoms with Gasteiger partial charge in [0.15, 0.2) is 0 Å². The van der Waals surface area contributed by atoms with Gasteiger partial charge in [0.1, 0.15) is 5.75 Å². The van der Waals surface area contributed by atoms with Crippen LogP contribution in [-0.4, -0.2) is 29.5 Å². The average molecular weight is 445 g/mol. The minimum Gasteiger partial charge on any atom is -0.494 e. The molecule has 33 heavy (non-hydrogen) atoms. The summed E-state index contributed by atoms with van der Waals surface area (Å²) in [4.78, 5) is 14.8. The fraction of sp³-hybridized carbons (Fsp3) is 0.222. The van der Waals surface area contributed by atoms with E-state index >= 15 is 0 Å².